The van der Waals surface area contributed by atoms with Crippen molar-refractivity contribution in [1.29, 1.82) is 0 Å². The molecule has 1 aliphatic rings. The van der Waals surface area contributed by atoms with Crippen molar-refractivity contribution >= 4 is 23.3 Å². The number of benzene rings is 2. The van der Waals surface area contributed by atoms with Gasteiger partial charge in [0.25, 0.3) is 0 Å². The quantitative estimate of drug-likeness (QED) is 0.871. The summed E-state index contributed by atoms with van der Waals surface area (Å²) in [6.45, 7) is 0.994. The summed E-state index contributed by atoms with van der Waals surface area (Å²) in [5.74, 6) is -0.395. The molecule has 1 aliphatic heterocycles. The summed E-state index contributed by atoms with van der Waals surface area (Å²) >= 11 is 6.07. The van der Waals surface area contributed by atoms with Gasteiger partial charge in [0.2, 0.25) is 0 Å². The Balaban J connectivity index is 1.71. The Labute approximate surface area is 128 Å². The minimum absolute atomic E-state index is 0.191. The van der Waals surface area contributed by atoms with Crippen LogP contribution in [0, 0.1) is 0 Å². The number of esters is 1. The number of fused-ring (bicyclic) bond motifs is 1. The van der Waals surface area contributed by atoms with Gasteiger partial charge in [-0.1, -0.05) is 48.0 Å². The number of hydrogen-bond donors (Lipinski definition) is 1. The van der Waals surface area contributed by atoms with E-state index in [1.807, 2.05) is 42.5 Å². The first-order chi connectivity index (χ1) is 10.3. The summed E-state index contributed by atoms with van der Waals surface area (Å²) in [5, 5.41) is 3.92. The average molecular weight is 302 g/mol. The van der Waals surface area contributed by atoms with Crippen molar-refractivity contribution in [3.8, 4) is 0 Å². The zero-order chi connectivity index (χ0) is 14.7. The largest absolute Gasteiger partial charge is 0.460 e. The second-order valence-corrected chi connectivity index (χ2v) is 5.46. The number of carbonyl (C=O) groups excluding carboxylic acids is 1. The molecule has 2 aromatic carbocycles. The van der Waals surface area contributed by atoms with Crippen LogP contribution in [0.2, 0.25) is 5.02 Å². The van der Waals surface area contributed by atoms with E-state index in [9.17, 15) is 4.79 Å². The fraction of sp³-hybridized carbons (Fsp3) is 0.235. The van der Waals surface area contributed by atoms with Gasteiger partial charge in [0.05, 0.1) is 5.92 Å². The first-order valence-electron chi connectivity index (χ1n) is 6.98. The summed E-state index contributed by atoms with van der Waals surface area (Å²) in [7, 11) is 0. The number of para-hydroxylation sites is 1. The van der Waals surface area contributed by atoms with E-state index < -0.39 is 0 Å². The van der Waals surface area contributed by atoms with Crippen molar-refractivity contribution in [1.82, 2.24) is 0 Å². The number of nitrogens with one attached hydrogen (secondary N) is 1. The van der Waals surface area contributed by atoms with Crippen LogP contribution in [0.5, 0.6) is 0 Å². The molecular formula is C17H16ClNO2. The van der Waals surface area contributed by atoms with E-state index in [1.54, 1.807) is 6.07 Å². The molecule has 0 amide bonds. The molecule has 1 heterocycles. The lowest BCUT2D eigenvalue weighted by molar-refractivity contribution is -0.147. The molecule has 0 aliphatic carbocycles. The fourth-order valence-electron chi connectivity index (χ4n) is 2.58. The van der Waals surface area contributed by atoms with E-state index in [0.717, 1.165) is 29.8 Å². The van der Waals surface area contributed by atoms with Crippen molar-refractivity contribution in [3.05, 3.63) is 64.7 Å². The molecule has 0 aromatic heterocycles. The Bertz CT molecular complexity index is 657. The summed E-state index contributed by atoms with van der Waals surface area (Å²) in [6.07, 6.45) is 0.748. The molecule has 0 bridgehead atoms. The van der Waals surface area contributed by atoms with Crippen LogP contribution >= 0.6 is 11.6 Å². The van der Waals surface area contributed by atoms with Crippen LogP contribution in [0.25, 0.3) is 0 Å². The smallest absolute Gasteiger partial charge is 0.313 e. The molecule has 0 saturated heterocycles. The Morgan fingerprint density at radius 2 is 1.95 bits per heavy atom. The molecule has 108 valence electrons. The number of rotatable bonds is 3. The number of anilines is 1. The standard InChI is InChI=1S/C17H16ClNO2/c18-15-7-3-1-5-12(15)11-21-17(20)14-9-10-19-16-8-4-2-6-13(14)16/h1-8,14,19H,9-11H2. The molecule has 0 fully saturated rings. The molecule has 0 saturated carbocycles. The monoisotopic (exact) mass is 301 g/mol. The average Bonchev–Trinajstić information content (AvgIpc) is 2.53. The topological polar surface area (TPSA) is 38.3 Å². The molecule has 3 nitrogen and oxygen atoms in total. The predicted molar refractivity (Wildman–Crippen MR) is 83.5 cm³/mol. The third-order valence-electron chi connectivity index (χ3n) is 3.70. The van der Waals surface area contributed by atoms with E-state index in [1.165, 1.54) is 0 Å². The lowest BCUT2D eigenvalue weighted by atomic mass is 9.91. The van der Waals surface area contributed by atoms with Gasteiger partial charge in [0.1, 0.15) is 6.61 Å². The van der Waals surface area contributed by atoms with Crippen LogP contribution in [-0.2, 0) is 16.1 Å². The van der Waals surface area contributed by atoms with Crippen LogP contribution in [-0.4, -0.2) is 12.5 Å². The van der Waals surface area contributed by atoms with Crippen molar-refractivity contribution in [3.63, 3.8) is 0 Å². The lowest BCUT2D eigenvalue weighted by Crippen LogP contribution is -2.24. The normalized spacial score (nSPS) is 16.7. The molecule has 3 rings (SSSR count). The molecule has 0 radical (unpaired) electrons. The van der Waals surface area contributed by atoms with E-state index in [-0.39, 0.29) is 18.5 Å². The van der Waals surface area contributed by atoms with E-state index >= 15 is 0 Å². The van der Waals surface area contributed by atoms with Gasteiger partial charge in [-0.2, -0.15) is 0 Å². The van der Waals surface area contributed by atoms with Crippen molar-refractivity contribution < 1.29 is 9.53 Å². The summed E-state index contributed by atoms with van der Waals surface area (Å²) in [5.41, 5.74) is 2.85. The maximum atomic E-state index is 12.4. The van der Waals surface area contributed by atoms with Gasteiger partial charge in [-0.15, -0.1) is 0 Å². The first-order valence-corrected chi connectivity index (χ1v) is 7.36. The van der Waals surface area contributed by atoms with Gasteiger partial charge in [-0.3, -0.25) is 4.79 Å². The Morgan fingerprint density at radius 1 is 1.19 bits per heavy atom. The predicted octanol–water partition coefficient (Wildman–Crippen LogP) is 3.98. The van der Waals surface area contributed by atoms with E-state index in [4.69, 9.17) is 16.3 Å². The third-order valence-corrected chi connectivity index (χ3v) is 4.07. The number of carbonyl (C=O) groups is 1. The fourth-order valence-corrected chi connectivity index (χ4v) is 2.77. The van der Waals surface area contributed by atoms with Gasteiger partial charge in [-0.05, 0) is 24.1 Å². The Hall–Kier alpha value is -2.00. The molecular weight excluding hydrogens is 286 g/mol. The summed E-state index contributed by atoms with van der Waals surface area (Å²) in [6, 6.07) is 15.3. The van der Waals surface area contributed by atoms with Crippen LogP contribution in [0.1, 0.15) is 23.5 Å². The first kappa shape index (κ1) is 14.0. The molecule has 4 heteroatoms. The maximum Gasteiger partial charge on any atom is 0.313 e. The molecule has 1 unspecified atom stereocenters. The maximum absolute atomic E-state index is 12.4. The lowest BCUT2D eigenvalue weighted by Gasteiger charge is -2.25. The van der Waals surface area contributed by atoms with Crippen molar-refractivity contribution in [2.75, 3.05) is 11.9 Å². The van der Waals surface area contributed by atoms with Crippen LogP contribution in [0.3, 0.4) is 0 Å². The molecule has 1 N–H and O–H groups in total. The summed E-state index contributed by atoms with van der Waals surface area (Å²) < 4.78 is 5.45. The Kier molecular flexibility index (Phi) is 4.11. The van der Waals surface area contributed by atoms with E-state index in [2.05, 4.69) is 5.32 Å². The van der Waals surface area contributed by atoms with E-state index in [0.29, 0.717) is 5.02 Å². The SMILES string of the molecule is O=C(OCc1ccccc1Cl)C1CCNc2ccccc21. The second kappa shape index (κ2) is 6.19. The summed E-state index contributed by atoms with van der Waals surface area (Å²) in [4.78, 5) is 12.4. The minimum Gasteiger partial charge on any atom is -0.460 e. The van der Waals surface area contributed by atoms with Gasteiger partial charge in [0.15, 0.2) is 0 Å². The molecule has 2 aromatic rings. The van der Waals surface area contributed by atoms with Crippen LogP contribution in [0.4, 0.5) is 5.69 Å². The highest BCUT2D eigenvalue weighted by Gasteiger charge is 2.27. The van der Waals surface area contributed by atoms with Crippen molar-refractivity contribution in [2.24, 2.45) is 0 Å². The van der Waals surface area contributed by atoms with Gasteiger partial charge in [-0.25, -0.2) is 0 Å². The van der Waals surface area contributed by atoms with Crippen molar-refractivity contribution in [2.45, 2.75) is 18.9 Å². The van der Waals surface area contributed by atoms with Gasteiger partial charge in [0, 0.05) is 22.8 Å². The molecule has 1 atom stereocenters. The second-order valence-electron chi connectivity index (χ2n) is 5.05. The zero-order valence-electron chi connectivity index (χ0n) is 11.5. The third kappa shape index (κ3) is 3.03. The van der Waals surface area contributed by atoms with Crippen LogP contribution in [0.15, 0.2) is 48.5 Å². The number of ether oxygens (including phenoxy) is 1. The minimum atomic E-state index is -0.204. The van der Waals surface area contributed by atoms with Gasteiger partial charge >= 0.3 is 5.97 Å². The molecule has 21 heavy (non-hydrogen) atoms. The molecule has 0 spiro atoms. The van der Waals surface area contributed by atoms with Gasteiger partial charge < -0.3 is 10.1 Å². The highest BCUT2D eigenvalue weighted by atomic mass is 35.5. The Morgan fingerprint density at radius 3 is 2.81 bits per heavy atom. The highest BCUT2D eigenvalue weighted by Crippen LogP contribution is 2.32. The number of hydrogen-bond acceptors (Lipinski definition) is 3. The zero-order valence-corrected chi connectivity index (χ0v) is 12.3. The number of halogens is 1. The highest BCUT2D eigenvalue weighted by molar-refractivity contribution is 6.31. The van der Waals surface area contributed by atoms with Crippen LogP contribution < -0.4 is 5.32 Å².